The molecule has 0 radical (unpaired) electrons. The van der Waals surface area contributed by atoms with Crippen LogP contribution in [0.25, 0.3) is 0 Å². The van der Waals surface area contributed by atoms with Gasteiger partial charge >= 0.3 is 0 Å². The molecule has 1 nitrogen and oxygen atoms in total. The van der Waals surface area contributed by atoms with Crippen LogP contribution < -0.4 is 5.73 Å². The molecule has 1 aromatic carbocycles. The molecule has 0 spiro atoms. The van der Waals surface area contributed by atoms with Gasteiger partial charge in [0, 0.05) is 9.50 Å². The van der Waals surface area contributed by atoms with Gasteiger partial charge in [0.25, 0.3) is 0 Å². The van der Waals surface area contributed by atoms with Crippen LogP contribution in [0.3, 0.4) is 0 Å². The van der Waals surface area contributed by atoms with Crippen molar-refractivity contribution in [2.24, 2.45) is 11.1 Å². The van der Waals surface area contributed by atoms with E-state index in [1.807, 2.05) is 12.1 Å². The first kappa shape index (κ1) is 12.0. The molecule has 0 saturated carbocycles. The summed E-state index contributed by atoms with van der Waals surface area (Å²) in [5, 5.41) is 0.766. The van der Waals surface area contributed by atoms with Crippen LogP contribution in [0, 0.1) is 5.41 Å². The van der Waals surface area contributed by atoms with Crippen molar-refractivity contribution < 1.29 is 0 Å². The SMILES string of the molecule is CC(C)(CN)Cc1cc(Cl)cc(Br)c1. The summed E-state index contributed by atoms with van der Waals surface area (Å²) >= 11 is 9.39. The second kappa shape index (κ2) is 4.65. The molecule has 0 aromatic heterocycles. The molecule has 0 heterocycles. The summed E-state index contributed by atoms with van der Waals surface area (Å²) in [6.07, 6.45) is 0.947. The summed E-state index contributed by atoms with van der Waals surface area (Å²) in [7, 11) is 0. The van der Waals surface area contributed by atoms with E-state index in [2.05, 4.69) is 35.8 Å². The van der Waals surface area contributed by atoms with Gasteiger partial charge in [0.1, 0.15) is 0 Å². The Bertz CT molecular complexity index is 303. The van der Waals surface area contributed by atoms with Gasteiger partial charge in [0.15, 0.2) is 0 Å². The zero-order valence-corrected chi connectivity index (χ0v) is 10.8. The van der Waals surface area contributed by atoms with E-state index in [0.29, 0.717) is 6.54 Å². The third-order valence-electron chi connectivity index (χ3n) is 2.16. The Balaban J connectivity index is 2.87. The van der Waals surface area contributed by atoms with E-state index in [4.69, 9.17) is 17.3 Å². The van der Waals surface area contributed by atoms with Gasteiger partial charge in [0.05, 0.1) is 0 Å². The second-order valence-corrected chi connectivity index (χ2v) is 5.67. The van der Waals surface area contributed by atoms with E-state index in [1.165, 1.54) is 5.56 Å². The van der Waals surface area contributed by atoms with Gasteiger partial charge in [-0.1, -0.05) is 41.4 Å². The van der Waals surface area contributed by atoms with Crippen LogP contribution in [0.4, 0.5) is 0 Å². The lowest BCUT2D eigenvalue weighted by Crippen LogP contribution is -2.25. The van der Waals surface area contributed by atoms with Gasteiger partial charge < -0.3 is 5.73 Å². The summed E-state index contributed by atoms with van der Waals surface area (Å²) in [5.41, 5.74) is 7.04. The number of rotatable bonds is 3. The second-order valence-electron chi connectivity index (χ2n) is 4.32. The molecule has 78 valence electrons. The lowest BCUT2D eigenvalue weighted by molar-refractivity contribution is 0.377. The first-order valence-electron chi connectivity index (χ1n) is 4.58. The van der Waals surface area contributed by atoms with Crippen LogP contribution >= 0.6 is 27.5 Å². The highest BCUT2D eigenvalue weighted by Gasteiger charge is 2.16. The van der Waals surface area contributed by atoms with E-state index in [-0.39, 0.29) is 5.41 Å². The van der Waals surface area contributed by atoms with Crippen molar-refractivity contribution in [1.82, 2.24) is 0 Å². The molecule has 1 aromatic rings. The first-order chi connectivity index (χ1) is 6.43. The molecule has 14 heavy (non-hydrogen) atoms. The number of hydrogen-bond acceptors (Lipinski definition) is 1. The molecule has 0 aliphatic carbocycles. The summed E-state index contributed by atoms with van der Waals surface area (Å²) in [6, 6.07) is 5.97. The standard InChI is InChI=1S/C11H15BrClN/c1-11(2,7-14)6-8-3-9(12)5-10(13)4-8/h3-5H,6-7,14H2,1-2H3. The predicted molar refractivity (Wildman–Crippen MR) is 65.7 cm³/mol. The quantitative estimate of drug-likeness (QED) is 0.896. The van der Waals surface area contributed by atoms with Crippen LogP contribution in [0.15, 0.2) is 22.7 Å². The Morgan fingerprint density at radius 1 is 1.36 bits per heavy atom. The van der Waals surface area contributed by atoms with Crippen LogP contribution in [0.1, 0.15) is 19.4 Å². The zero-order chi connectivity index (χ0) is 10.8. The minimum atomic E-state index is 0.129. The number of nitrogens with two attached hydrogens (primary N) is 1. The Morgan fingerprint density at radius 2 is 2.00 bits per heavy atom. The Kier molecular flexibility index (Phi) is 3.99. The molecule has 1 rings (SSSR count). The molecular weight excluding hydrogens is 261 g/mol. The molecule has 0 aliphatic heterocycles. The molecule has 0 fully saturated rings. The summed E-state index contributed by atoms with van der Waals surface area (Å²) in [6.45, 7) is 4.99. The van der Waals surface area contributed by atoms with E-state index in [9.17, 15) is 0 Å². The molecular formula is C11H15BrClN. The van der Waals surface area contributed by atoms with Crippen molar-refractivity contribution in [2.45, 2.75) is 20.3 Å². The average Bonchev–Trinajstić information content (AvgIpc) is 2.01. The number of benzene rings is 1. The lowest BCUT2D eigenvalue weighted by atomic mass is 9.86. The number of halogens is 2. The van der Waals surface area contributed by atoms with Crippen LogP contribution in [0.5, 0.6) is 0 Å². The largest absolute Gasteiger partial charge is 0.330 e. The van der Waals surface area contributed by atoms with E-state index >= 15 is 0 Å². The molecule has 0 aliphatic rings. The normalized spacial score (nSPS) is 11.8. The molecule has 3 heteroatoms. The fourth-order valence-electron chi connectivity index (χ4n) is 1.34. The minimum absolute atomic E-state index is 0.129. The fourth-order valence-corrected chi connectivity index (χ4v) is 2.27. The summed E-state index contributed by atoms with van der Waals surface area (Å²) < 4.78 is 1.02. The monoisotopic (exact) mass is 275 g/mol. The van der Waals surface area contributed by atoms with E-state index in [1.54, 1.807) is 0 Å². The van der Waals surface area contributed by atoms with Crippen molar-refractivity contribution in [3.63, 3.8) is 0 Å². The Hall–Kier alpha value is -0.0500. The Morgan fingerprint density at radius 3 is 2.50 bits per heavy atom. The van der Waals surface area contributed by atoms with Gasteiger partial charge in [-0.15, -0.1) is 0 Å². The smallest absolute Gasteiger partial charge is 0.0419 e. The highest BCUT2D eigenvalue weighted by molar-refractivity contribution is 9.10. The van der Waals surface area contributed by atoms with Crippen LogP contribution in [-0.4, -0.2) is 6.54 Å². The fraction of sp³-hybridized carbons (Fsp3) is 0.455. The highest BCUT2D eigenvalue weighted by Crippen LogP contribution is 2.25. The zero-order valence-electron chi connectivity index (χ0n) is 8.48. The van der Waals surface area contributed by atoms with Crippen LogP contribution in [0.2, 0.25) is 5.02 Å². The van der Waals surface area contributed by atoms with Crippen molar-refractivity contribution in [3.8, 4) is 0 Å². The lowest BCUT2D eigenvalue weighted by Gasteiger charge is -2.22. The summed E-state index contributed by atoms with van der Waals surface area (Å²) in [4.78, 5) is 0. The van der Waals surface area contributed by atoms with Crippen LogP contribution in [-0.2, 0) is 6.42 Å². The first-order valence-corrected chi connectivity index (χ1v) is 5.75. The highest BCUT2D eigenvalue weighted by atomic mass is 79.9. The molecule has 2 N–H and O–H groups in total. The van der Waals surface area contributed by atoms with Crippen molar-refractivity contribution in [3.05, 3.63) is 33.3 Å². The maximum Gasteiger partial charge on any atom is 0.0419 e. The van der Waals surface area contributed by atoms with Gasteiger partial charge in [-0.05, 0) is 42.1 Å². The Labute approximate surface area is 98.8 Å². The van der Waals surface area contributed by atoms with E-state index in [0.717, 1.165) is 15.9 Å². The molecule has 0 amide bonds. The van der Waals surface area contributed by atoms with Crippen molar-refractivity contribution >= 4 is 27.5 Å². The third-order valence-corrected chi connectivity index (χ3v) is 2.83. The number of hydrogen-bond donors (Lipinski definition) is 1. The van der Waals surface area contributed by atoms with Gasteiger partial charge in [-0.3, -0.25) is 0 Å². The molecule has 0 atom stereocenters. The average molecular weight is 277 g/mol. The van der Waals surface area contributed by atoms with Crippen molar-refractivity contribution in [1.29, 1.82) is 0 Å². The predicted octanol–water partition coefficient (Wildman–Crippen LogP) is 3.63. The third kappa shape index (κ3) is 3.60. The molecule has 0 unspecified atom stereocenters. The van der Waals surface area contributed by atoms with Gasteiger partial charge in [-0.2, -0.15) is 0 Å². The maximum absolute atomic E-state index is 5.96. The topological polar surface area (TPSA) is 26.0 Å². The van der Waals surface area contributed by atoms with E-state index < -0.39 is 0 Å². The maximum atomic E-state index is 5.96. The molecule has 0 saturated heterocycles. The van der Waals surface area contributed by atoms with Gasteiger partial charge in [-0.25, -0.2) is 0 Å². The summed E-state index contributed by atoms with van der Waals surface area (Å²) in [5.74, 6) is 0. The molecule has 0 bridgehead atoms. The van der Waals surface area contributed by atoms with Gasteiger partial charge in [0.2, 0.25) is 0 Å². The van der Waals surface area contributed by atoms with Crippen molar-refractivity contribution in [2.75, 3.05) is 6.54 Å². The minimum Gasteiger partial charge on any atom is -0.330 e.